The van der Waals surface area contributed by atoms with Gasteiger partial charge in [-0.15, -0.1) is 35.3 Å². The summed E-state index contributed by atoms with van der Waals surface area (Å²) >= 11 is 1.50. The maximum absolute atomic E-state index is 13.2. The molecule has 2 N–H and O–H groups in total. The molecule has 1 aromatic carbocycles. The lowest BCUT2D eigenvalue weighted by Crippen LogP contribution is -2.36. The van der Waals surface area contributed by atoms with E-state index in [9.17, 15) is 17.6 Å². The van der Waals surface area contributed by atoms with Gasteiger partial charge in [-0.1, -0.05) is 12.1 Å². The molecule has 0 aliphatic carbocycles. The Labute approximate surface area is 191 Å². The number of hydrogen-bond donors (Lipinski definition) is 2. The number of thiophene rings is 1. The molecule has 3 aromatic rings. The van der Waals surface area contributed by atoms with E-state index in [1.54, 1.807) is 0 Å². The fourth-order valence-corrected chi connectivity index (χ4v) is 3.19. The number of aliphatic imine (C=N–C) groups is 1. The summed E-state index contributed by atoms with van der Waals surface area (Å²) in [5.41, 5.74) is -0.525. The van der Waals surface area contributed by atoms with E-state index in [4.69, 9.17) is 4.42 Å². The van der Waals surface area contributed by atoms with Crippen LogP contribution in [0.4, 0.5) is 17.6 Å². The van der Waals surface area contributed by atoms with Gasteiger partial charge in [0, 0.05) is 6.54 Å². The average molecular weight is 554 g/mol. The van der Waals surface area contributed by atoms with E-state index in [0.717, 1.165) is 17.0 Å². The molecule has 0 saturated heterocycles. The van der Waals surface area contributed by atoms with E-state index < -0.39 is 17.6 Å². The Morgan fingerprint density at radius 3 is 2.70 bits per heavy atom. The second-order valence-electron chi connectivity index (χ2n) is 5.97. The predicted molar refractivity (Wildman–Crippen MR) is 118 cm³/mol. The summed E-state index contributed by atoms with van der Waals surface area (Å²) in [5, 5.41) is 7.87. The van der Waals surface area contributed by atoms with Crippen molar-refractivity contribution in [2.75, 3.05) is 6.54 Å². The molecule has 0 amide bonds. The van der Waals surface area contributed by atoms with Crippen LogP contribution in [0, 0.1) is 5.82 Å². The van der Waals surface area contributed by atoms with Crippen molar-refractivity contribution in [3.05, 3.63) is 64.6 Å². The zero-order chi connectivity index (χ0) is 20.9. The lowest BCUT2D eigenvalue weighted by atomic mass is 10.1. The van der Waals surface area contributed by atoms with Crippen molar-refractivity contribution in [3.63, 3.8) is 0 Å². The fraction of sp³-hybridized carbons (Fsp3) is 0.263. The van der Waals surface area contributed by atoms with Crippen LogP contribution in [0.3, 0.4) is 0 Å². The first-order chi connectivity index (χ1) is 13.9. The summed E-state index contributed by atoms with van der Waals surface area (Å²) in [6.07, 6.45) is -3.15. The van der Waals surface area contributed by atoms with E-state index in [-0.39, 0.29) is 42.6 Å². The number of alkyl halides is 3. The van der Waals surface area contributed by atoms with Crippen LogP contribution < -0.4 is 10.6 Å². The topological polar surface area (TPSA) is 62.5 Å². The molecule has 2 aromatic heterocycles. The van der Waals surface area contributed by atoms with Crippen molar-refractivity contribution in [1.82, 2.24) is 15.6 Å². The normalized spacial score (nSPS) is 11.8. The second kappa shape index (κ2) is 10.8. The lowest BCUT2D eigenvalue weighted by Gasteiger charge is -2.13. The molecule has 0 bridgehead atoms. The van der Waals surface area contributed by atoms with Gasteiger partial charge in [0.15, 0.2) is 5.96 Å². The molecule has 0 aliphatic heterocycles. The molecule has 0 aliphatic rings. The highest BCUT2D eigenvalue weighted by Crippen LogP contribution is 2.32. The lowest BCUT2D eigenvalue weighted by molar-refractivity contribution is -0.138. The molecule has 2 heterocycles. The summed E-state index contributed by atoms with van der Waals surface area (Å²) in [6.45, 7) is 2.36. The number of nitrogens with one attached hydrogen (secondary N) is 2. The molecule has 11 heteroatoms. The molecule has 30 heavy (non-hydrogen) atoms. The number of hydrogen-bond acceptors (Lipinski definition) is 4. The highest BCUT2D eigenvalue weighted by atomic mass is 127. The van der Waals surface area contributed by atoms with Crippen LogP contribution in [0.5, 0.6) is 0 Å². The summed E-state index contributed by atoms with van der Waals surface area (Å²) in [7, 11) is 0. The molecule has 0 fully saturated rings. The van der Waals surface area contributed by atoms with Gasteiger partial charge in [-0.2, -0.15) is 13.2 Å². The predicted octanol–water partition coefficient (Wildman–Crippen LogP) is 5.43. The average Bonchev–Trinajstić information content (AvgIpc) is 3.35. The van der Waals surface area contributed by atoms with Gasteiger partial charge in [0.2, 0.25) is 5.89 Å². The van der Waals surface area contributed by atoms with Crippen molar-refractivity contribution < 1.29 is 22.0 Å². The minimum Gasteiger partial charge on any atom is -0.443 e. The Bertz CT molecular complexity index is 973. The zero-order valence-electron chi connectivity index (χ0n) is 15.8. The summed E-state index contributed by atoms with van der Waals surface area (Å²) in [4.78, 5) is 9.44. The monoisotopic (exact) mass is 554 g/mol. The van der Waals surface area contributed by atoms with Gasteiger partial charge in [-0.05, 0) is 36.1 Å². The Morgan fingerprint density at radius 1 is 1.23 bits per heavy atom. The molecular formula is C19H19F4IN4OS. The Kier molecular flexibility index (Phi) is 8.65. The maximum Gasteiger partial charge on any atom is 0.416 e. The van der Waals surface area contributed by atoms with Gasteiger partial charge in [-0.3, -0.25) is 0 Å². The molecule has 5 nitrogen and oxygen atoms in total. The van der Waals surface area contributed by atoms with Crippen molar-refractivity contribution in [3.8, 4) is 10.8 Å². The minimum absolute atomic E-state index is 0. The van der Waals surface area contributed by atoms with Crippen LogP contribution in [0.1, 0.15) is 23.7 Å². The van der Waals surface area contributed by atoms with Crippen LogP contribution in [0.15, 0.2) is 51.4 Å². The molecule has 0 radical (unpaired) electrons. The van der Waals surface area contributed by atoms with Crippen LogP contribution >= 0.6 is 35.3 Å². The summed E-state index contributed by atoms with van der Waals surface area (Å²) < 4.78 is 58.0. The number of rotatable bonds is 6. The van der Waals surface area contributed by atoms with Gasteiger partial charge < -0.3 is 15.1 Å². The van der Waals surface area contributed by atoms with Gasteiger partial charge in [-0.25, -0.2) is 14.4 Å². The third-order valence-corrected chi connectivity index (χ3v) is 4.71. The van der Waals surface area contributed by atoms with E-state index in [1.165, 1.54) is 17.6 Å². The number of aromatic nitrogens is 1. The smallest absolute Gasteiger partial charge is 0.416 e. The number of oxazole rings is 1. The van der Waals surface area contributed by atoms with E-state index in [2.05, 4.69) is 20.6 Å². The Morgan fingerprint density at radius 2 is 2.03 bits per heavy atom. The second-order valence-corrected chi connectivity index (χ2v) is 6.92. The van der Waals surface area contributed by atoms with Gasteiger partial charge in [0.05, 0.1) is 29.2 Å². The van der Waals surface area contributed by atoms with E-state index >= 15 is 0 Å². The molecule has 0 spiro atoms. The standard InChI is InChI=1S/C19H18F4N4OS.HI/c1-2-24-18(25-9-12-5-6-13(20)8-15(12)19(21,22)23)26-10-14-11-28-17(27-14)16-4-3-7-29-16;/h3-8,11H,2,9-10H2,1H3,(H2,24,25,26);1H. The molecular weight excluding hydrogens is 535 g/mol. The van der Waals surface area contributed by atoms with Crippen LogP contribution in [0.25, 0.3) is 10.8 Å². The van der Waals surface area contributed by atoms with E-state index in [0.29, 0.717) is 30.2 Å². The Balaban J connectivity index is 0.00000320. The van der Waals surface area contributed by atoms with Crippen molar-refractivity contribution in [2.24, 2.45) is 4.99 Å². The number of benzene rings is 1. The van der Waals surface area contributed by atoms with Crippen molar-refractivity contribution in [1.29, 1.82) is 0 Å². The highest BCUT2D eigenvalue weighted by Gasteiger charge is 2.33. The van der Waals surface area contributed by atoms with E-state index in [1.807, 2.05) is 24.4 Å². The molecule has 3 rings (SSSR count). The molecule has 0 saturated carbocycles. The Hall–Kier alpha value is -2.15. The summed E-state index contributed by atoms with van der Waals surface area (Å²) in [5.74, 6) is -0.131. The fourth-order valence-electron chi connectivity index (χ4n) is 2.53. The van der Waals surface area contributed by atoms with Crippen molar-refractivity contribution in [2.45, 2.75) is 26.2 Å². The number of guanidine groups is 1. The maximum atomic E-state index is 13.2. The van der Waals surface area contributed by atoms with Gasteiger partial charge in [0.1, 0.15) is 12.1 Å². The van der Waals surface area contributed by atoms with Gasteiger partial charge >= 0.3 is 6.18 Å². The van der Waals surface area contributed by atoms with Crippen LogP contribution in [0.2, 0.25) is 0 Å². The third kappa shape index (κ3) is 6.42. The molecule has 0 atom stereocenters. The number of nitrogens with zero attached hydrogens (tertiary/aromatic N) is 2. The first-order valence-corrected chi connectivity index (χ1v) is 9.61. The summed E-state index contributed by atoms with van der Waals surface area (Å²) in [6, 6.07) is 6.34. The molecule has 0 unspecified atom stereocenters. The minimum atomic E-state index is -4.66. The zero-order valence-corrected chi connectivity index (χ0v) is 18.9. The molecule has 162 valence electrons. The quantitative estimate of drug-likeness (QED) is 0.185. The van der Waals surface area contributed by atoms with Gasteiger partial charge in [0.25, 0.3) is 0 Å². The highest BCUT2D eigenvalue weighted by molar-refractivity contribution is 14.0. The van der Waals surface area contributed by atoms with Crippen LogP contribution in [-0.4, -0.2) is 17.5 Å². The number of halogens is 5. The van der Waals surface area contributed by atoms with Crippen molar-refractivity contribution >= 4 is 41.3 Å². The SMILES string of the molecule is CCNC(=NCc1ccc(F)cc1C(F)(F)F)NCc1coc(-c2cccs2)n1.I. The largest absolute Gasteiger partial charge is 0.443 e. The first-order valence-electron chi connectivity index (χ1n) is 8.73. The first kappa shape index (κ1) is 24.1. The van der Waals surface area contributed by atoms with Crippen LogP contribution in [-0.2, 0) is 19.3 Å². The third-order valence-electron chi connectivity index (χ3n) is 3.85.